The number of hydrogen-bond acceptors (Lipinski definition) is 5. The highest BCUT2D eigenvalue weighted by atomic mass is 35.5. The smallest absolute Gasteiger partial charge is 0.256 e. The van der Waals surface area contributed by atoms with Crippen LogP contribution in [-0.4, -0.2) is 30.4 Å². The van der Waals surface area contributed by atoms with Crippen molar-refractivity contribution >= 4 is 52.3 Å². The van der Waals surface area contributed by atoms with Gasteiger partial charge in [0.1, 0.15) is 17.6 Å². The van der Waals surface area contributed by atoms with Crippen molar-refractivity contribution in [2.45, 2.75) is 44.6 Å². The zero-order valence-corrected chi connectivity index (χ0v) is 14.1. The summed E-state index contributed by atoms with van der Waals surface area (Å²) in [7, 11) is 0. The van der Waals surface area contributed by atoms with Crippen molar-refractivity contribution in [3.8, 4) is 0 Å². The Hall–Kier alpha value is -1.73. The second-order valence-corrected chi connectivity index (χ2v) is 6.83. The van der Waals surface area contributed by atoms with Gasteiger partial charge < -0.3 is 20.2 Å². The third-order valence-corrected chi connectivity index (χ3v) is 5.19. The van der Waals surface area contributed by atoms with Crippen molar-refractivity contribution in [3.63, 3.8) is 0 Å². The lowest BCUT2D eigenvalue weighted by molar-refractivity contribution is -0.114. The monoisotopic (exact) mass is 356 g/mol. The molecule has 2 N–H and O–H groups in total. The molecule has 1 aliphatic carbocycles. The van der Waals surface area contributed by atoms with E-state index in [1.54, 1.807) is 0 Å². The standard InChI is InChI=1S/C15H17ClN2O4S/c1-8(21)17-15-11(12(16)13(23-15)9-4-5-9)14(22)18-10(7-20)3-2-6-19/h6-7,9-10H,2-5H2,1H3,(H,17,21)(H,18,22). The Balaban J connectivity index is 2.24. The van der Waals surface area contributed by atoms with Crippen molar-refractivity contribution in [2.24, 2.45) is 0 Å². The molecule has 1 aliphatic rings. The Morgan fingerprint density at radius 3 is 2.61 bits per heavy atom. The van der Waals surface area contributed by atoms with E-state index in [9.17, 15) is 19.2 Å². The summed E-state index contributed by atoms with van der Waals surface area (Å²) in [6, 6.07) is -0.766. The second kappa shape index (κ2) is 7.70. The Labute approximate surface area is 142 Å². The maximum Gasteiger partial charge on any atom is 0.256 e. The average molecular weight is 357 g/mol. The van der Waals surface area contributed by atoms with Crippen LogP contribution in [0.15, 0.2) is 0 Å². The number of halogens is 1. The molecule has 0 aromatic carbocycles. The molecule has 1 unspecified atom stereocenters. The molecule has 6 nitrogen and oxygen atoms in total. The minimum atomic E-state index is -0.766. The molecule has 1 aromatic rings. The van der Waals surface area contributed by atoms with Crippen LogP contribution in [0.4, 0.5) is 5.00 Å². The van der Waals surface area contributed by atoms with Crippen LogP contribution in [0, 0.1) is 0 Å². The van der Waals surface area contributed by atoms with Gasteiger partial charge in [0.05, 0.1) is 16.6 Å². The highest BCUT2D eigenvalue weighted by Crippen LogP contribution is 2.50. The van der Waals surface area contributed by atoms with Gasteiger partial charge in [-0.2, -0.15) is 0 Å². The summed E-state index contributed by atoms with van der Waals surface area (Å²) in [5.74, 6) is -0.490. The summed E-state index contributed by atoms with van der Waals surface area (Å²) in [6.07, 6.45) is 3.70. The molecular weight excluding hydrogens is 340 g/mol. The molecule has 23 heavy (non-hydrogen) atoms. The molecule has 0 radical (unpaired) electrons. The van der Waals surface area contributed by atoms with Crippen LogP contribution in [0.2, 0.25) is 5.02 Å². The summed E-state index contributed by atoms with van der Waals surface area (Å²) >= 11 is 7.62. The zero-order chi connectivity index (χ0) is 17.0. The third-order valence-electron chi connectivity index (χ3n) is 3.42. The maximum absolute atomic E-state index is 12.5. The van der Waals surface area contributed by atoms with E-state index in [1.165, 1.54) is 18.3 Å². The molecule has 0 spiro atoms. The van der Waals surface area contributed by atoms with Gasteiger partial charge in [0.2, 0.25) is 5.91 Å². The van der Waals surface area contributed by atoms with Gasteiger partial charge in [0.15, 0.2) is 0 Å². The first-order valence-electron chi connectivity index (χ1n) is 7.27. The number of carbonyl (C=O) groups excluding carboxylic acids is 4. The summed E-state index contributed by atoms with van der Waals surface area (Å²) in [5.41, 5.74) is 0.187. The summed E-state index contributed by atoms with van der Waals surface area (Å²) < 4.78 is 0. The molecule has 1 aromatic heterocycles. The minimum absolute atomic E-state index is 0.174. The number of nitrogens with one attached hydrogen (secondary N) is 2. The molecule has 0 aliphatic heterocycles. The lowest BCUT2D eigenvalue weighted by Crippen LogP contribution is -2.36. The second-order valence-electron chi connectivity index (χ2n) is 5.40. The molecule has 1 atom stereocenters. The molecule has 8 heteroatoms. The van der Waals surface area contributed by atoms with Crippen LogP contribution in [0.5, 0.6) is 0 Å². The van der Waals surface area contributed by atoms with Crippen LogP contribution in [0.25, 0.3) is 0 Å². The van der Waals surface area contributed by atoms with Gasteiger partial charge in [-0.15, -0.1) is 11.3 Å². The van der Waals surface area contributed by atoms with E-state index >= 15 is 0 Å². The van der Waals surface area contributed by atoms with E-state index in [2.05, 4.69) is 10.6 Å². The van der Waals surface area contributed by atoms with Crippen LogP contribution in [-0.2, 0) is 14.4 Å². The van der Waals surface area contributed by atoms with Gasteiger partial charge in [0.25, 0.3) is 5.91 Å². The summed E-state index contributed by atoms with van der Waals surface area (Å²) in [6.45, 7) is 1.35. The van der Waals surface area contributed by atoms with Crippen molar-refractivity contribution in [1.29, 1.82) is 0 Å². The van der Waals surface area contributed by atoms with Gasteiger partial charge in [0, 0.05) is 18.2 Å². The van der Waals surface area contributed by atoms with Crippen LogP contribution < -0.4 is 10.6 Å². The van der Waals surface area contributed by atoms with E-state index in [-0.39, 0.29) is 24.3 Å². The van der Waals surface area contributed by atoms with E-state index in [0.717, 1.165) is 17.7 Å². The van der Waals surface area contributed by atoms with Crippen LogP contribution in [0.3, 0.4) is 0 Å². The SMILES string of the molecule is CC(=O)Nc1sc(C2CC2)c(Cl)c1C(=O)NC(C=O)CCC=O. The molecule has 2 amide bonds. The topological polar surface area (TPSA) is 92.3 Å². The van der Waals surface area contributed by atoms with Crippen molar-refractivity contribution in [1.82, 2.24) is 5.32 Å². The first-order valence-corrected chi connectivity index (χ1v) is 8.47. The molecule has 1 fully saturated rings. The number of amides is 2. The lowest BCUT2D eigenvalue weighted by Gasteiger charge is -2.12. The predicted octanol–water partition coefficient (Wildman–Crippen LogP) is 2.51. The van der Waals surface area contributed by atoms with Crippen molar-refractivity contribution < 1.29 is 19.2 Å². The fourth-order valence-corrected chi connectivity index (χ4v) is 3.96. The fraction of sp³-hybridized carbons (Fsp3) is 0.467. The van der Waals surface area contributed by atoms with Crippen LogP contribution in [0.1, 0.15) is 53.8 Å². The largest absolute Gasteiger partial charge is 0.342 e. The predicted molar refractivity (Wildman–Crippen MR) is 88.2 cm³/mol. The van der Waals surface area contributed by atoms with E-state index in [4.69, 9.17) is 11.6 Å². The molecule has 124 valence electrons. The van der Waals surface area contributed by atoms with Gasteiger partial charge >= 0.3 is 0 Å². The van der Waals surface area contributed by atoms with Gasteiger partial charge in [-0.1, -0.05) is 11.6 Å². The van der Waals surface area contributed by atoms with Gasteiger partial charge in [-0.3, -0.25) is 9.59 Å². The molecule has 0 saturated heterocycles. The van der Waals surface area contributed by atoms with E-state index in [1.807, 2.05) is 0 Å². The summed E-state index contributed by atoms with van der Waals surface area (Å²) in [5, 5.41) is 5.90. The van der Waals surface area contributed by atoms with Gasteiger partial charge in [-0.25, -0.2) is 0 Å². The minimum Gasteiger partial charge on any atom is -0.342 e. The Morgan fingerprint density at radius 2 is 2.09 bits per heavy atom. The molecule has 2 rings (SSSR count). The molecule has 1 heterocycles. The summed E-state index contributed by atoms with van der Waals surface area (Å²) in [4.78, 5) is 46.1. The number of thiophene rings is 1. The van der Waals surface area contributed by atoms with Gasteiger partial charge in [-0.05, 0) is 25.2 Å². The lowest BCUT2D eigenvalue weighted by atomic mass is 10.1. The van der Waals surface area contributed by atoms with E-state index in [0.29, 0.717) is 28.5 Å². The zero-order valence-electron chi connectivity index (χ0n) is 12.6. The van der Waals surface area contributed by atoms with Crippen molar-refractivity contribution in [2.75, 3.05) is 5.32 Å². The quantitative estimate of drug-likeness (QED) is 0.700. The first-order chi connectivity index (χ1) is 11.0. The average Bonchev–Trinajstić information content (AvgIpc) is 3.28. The number of hydrogen-bond donors (Lipinski definition) is 2. The highest BCUT2D eigenvalue weighted by molar-refractivity contribution is 7.17. The van der Waals surface area contributed by atoms with Crippen LogP contribution >= 0.6 is 22.9 Å². The highest BCUT2D eigenvalue weighted by Gasteiger charge is 2.33. The number of rotatable bonds is 8. The molecule has 1 saturated carbocycles. The normalized spacial score (nSPS) is 14.9. The first kappa shape index (κ1) is 17.6. The fourth-order valence-electron chi connectivity index (χ4n) is 2.15. The number of anilines is 1. The maximum atomic E-state index is 12.5. The third kappa shape index (κ3) is 4.39. The number of carbonyl (C=O) groups is 4. The molecule has 0 bridgehead atoms. The Morgan fingerprint density at radius 1 is 1.39 bits per heavy atom. The van der Waals surface area contributed by atoms with E-state index < -0.39 is 11.9 Å². The number of aldehydes is 2. The van der Waals surface area contributed by atoms with Crippen molar-refractivity contribution in [3.05, 3.63) is 15.5 Å². The Bertz CT molecular complexity index is 640. The molecular formula is C15H17ClN2O4S. The Kier molecular flexibility index (Phi) is 5.90.